The van der Waals surface area contributed by atoms with Gasteiger partial charge in [0.25, 0.3) is 0 Å². The highest BCUT2D eigenvalue weighted by molar-refractivity contribution is 7.98. The molecule has 3 rings (SSSR count). The van der Waals surface area contributed by atoms with Gasteiger partial charge in [0.15, 0.2) is 5.78 Å². The number of nitrogens with zero attached hydrogens (tertiary/aromatic N) is 4. The summed E-state index contributed by atoms with van der Waals surface area (Å²) in [5.41, 5.74) is 3.70. The van der Waals surface area contributed by atoms with Gasteiger partial charge in [0.2, 0.25) is 5.16 Å². The molecule has 0 atom stereocenters. The first-order valence-electron chi connectivity index (χ1n) is 8.33. The van der Waals surface area contributed by atoms with Crippen LogP contribution in [0.4, 0.5) is 0 Å². The minimum Gasteiger partial charge on any atom is -0.494 e. The highest BCUT2D eigenvalue weighted by atomic mass is 32.2. The first-order valence-corrected chi connectivity index (χ1v) is 9.32. The number of rotatable bonds is 7. The molecule has 26 heavy (non-hydrogen) atoms. The predicted molar refractivity (Wildman–Crippen MR) is 101 cm³/mol. The fourth-order valence-electron chi connectivity index (χ4n) is 2.47. The third kappa shape index (κ3) is 4.11. The maximum absolute atomic E-state index is 11.7. The van der Waals surface area contributed by atoms with E-state index in [0.29, 0.717) is 23.1 Å². The minimum atomic E-state index is 0.0313. The standard InChI is InChI=1S/C19H20N4O2S/c1-4-25-18-10-7-15(14(3)24)11-16(18)12-26-19-20-21-22-23(19)17-8-5-13(2)6-9-17/h5-11H,4,12H2,1-3H3. The SMILES string of the molecule is CCOc1ccc(C(C)=O)cc1CSc1nnnn1-c1ccc(C)cc1. The third-order valence-corrected chi connectivity index (χ3v) is 4.81. The van der Waals surface area contributed by atoms with Gasteiger partial charge in [0.1, 0.15) is 5.75 Å². The second kappa shape index (κ2) is 8.14. The number of ether oxygens (including phenoxy) is 1. The van der Waals surface area contributed by atoms with Gasteiger partial charge in [-0.05, 0) is 61.5 Å². The Labute approximate surface area is 156 Å². The second-order valence-corrected chi connectivity index (χ2v) is 6.75. The lowest BCUT2D eigenvalue weighted by Crippen LogP contribution is -2.01. The molecule has 6 nitrogen and oxygen atoms in total. The number of carbonyl (C=O) groups is 1. The molecule has 0 fully saturated rings. The lowest BCUT2D eigenvalue weighted by atomic mass is 10.1. The van der Waals surface area contributed by atoms with E-state index in [1.54, 1.807) is 17.7 Å². The molecule has 7 heteroatoms. The van der Waals surface area contributed by atoms with Gasteiger partial charge < -0.3 is 4.74 Å². The van der Waals surface area contributed by atoms with Crippen LogP contribution in [-0.2, 0) is 5.75 Å². The molecule has 0 amide bonds. The number of tetrazole rings is 1. The number of ketones is 1. The van der Waals surface area contributed by atoms with Gasteiger partial charge in [-0.2, -0.15) is 4.68 Å². The van der Waals surface area contributed by atoms with Crippen LogP contribution >= 0.6 is 11.8 Å². The Kier molecular flexibility index (Phi) is 5.68. The molecule has 134 valence electrons. The summed E-state index contributed by atoms with van der Waals surface area (Å²) in [6.07, 6.45) is 0. The van der Waals surface area contributed by atoms with Crippen molar-refractivity contribution in [2.45, 2.75) is 31.7 Å². The van der Waals surface area contributed by atoms with E-state index in [1.807, 2.05) is 50.2 Å². The summed E-state index contributed by atoms with van der Waals surface area (Å²) in [5, 5.41) is 12.7. The van der Waals surface area contributed by atoms with E-state index in [1.165, 1.54) is 17.3 Å². The van der Waals surface area contributed by atoms with Gasteiger partial charge in [-0.15, -0.1) is 5.10 Å². The molecule has 0 unspecified atom stereocenters. The Morgan fingerprint density at radius 1 is 1.19 bits per heavy atom. The van der Waals surface area contributed by atoms with E-state index >= 15 is 0 Å². The Morgan fingerprint density at radius 2 is 1.96 bits per heavy atom. The number of carbonyl (C=O) groups excluding carboxylic acids is 1. The van der Waals surface area contributed by atoms with Gasteiger partial charge >= 0.3 is 0 Å². The van der Waals surface area contributed by atoms with Crippen molar-refractivity contribution in [2.24, 2.45) is 0 Å². The maximum Gasteiger partial charge on any atom is 0.214 e. The van der Waals surface area contributed by atoms with E-state index < -0.39 is 0 Å². The zero-order valence-corrected chi connectivity index (χ0v) is 15.8. The van der Waals surface area contributed by atoms with Gasteiger partial charge in [0.05, 0.1) is 12.3 Å². The van der Waals surface area contributed by atoms with Crippen molar-refractivity contribution in [1.82, 2.24) is 20.2 Å². The van der Waals surface area contributed by atoms with Crippen molar-refractivity contribution in [1.29, 1.82) is 0 Å². The van der Waals surface area contributed by atoms with Crippen LogP contribution in [0.5, 0.6) is 5.75 Å². The van der Waals surface area contributed by atoms with Crippen LogP contribution in [0.15, 0.2) is 47.6 Å². The number of benzene rings is 2. The Balaban J connectivity index is 1.83. The predicted octanol–water partition coefficient (Wildman–Crippen LogP) is 3.86. The van der Waals surface area contributed by atoms with Crippen molar-refractivity contribution in [3.05, 3.63) is 59.2 Å². The molecule has 0 spiro atoms. The highest BCUT2D eigenvalue weighted by Crippen LogP contribution is 2.29. The van der Waals surface area contributed by atoms with Gasteiger partial charge in [-0.1, -0.05) is 29.5 Å². The molecule has 0 bridgehead atoms. The molecule has 0 saturated heterocycles. The molecule has 0 aliphatic heterocycles. The summed E-state index contributed by atoms with van der Waals surface area (Å²) in [4.78, 5) is 11.7. The molecule has 0 radical (unpaired) electrons. The quantitative estimate of drug-likeness (QED) is 0.466. The van der Waals surface area contributed by atoms with E-state index in [4.69, 9.17) is 4.74 Å². The fraction of sp³-hybridized carbons (Fsp3) is 0.263. The number of thioether (sulfide) groups is 1. The molecule has 0 saturated carbocycles. The molecule has 0 aliphatic carbocycles. The topological polar surface area (TPSA) is 69.9 Å². The minimum absolute atomic E-state index is 0.0313. The lowest BCUT2D eigenvalue weighted by Gasteiger charge is -2.11. The molecule has 1 heterocycles. The molecule has 3 aromatic rings. The number of aromatic nitrogens is 4. The van der Waals surface area contributed by atoms with Crippen LogP contribution < -0.4 is 4.74 Å². The summed E-state index contributed by atoms with van der Waals surface area (Å²) in [6.45, 7) is 6.10. The zero-order chi connectivity index (χ0) is 18.5. The monoisotopic (exact) mass is 368 g/mol. The van der Waals surface area contributed by atoms with Crippen molar-refractivity contribution in [3.63, 3.8) is 0 Å². The number of Topliss-reactive ketones (excluding diaryl/α,β-unsaturated/α-hetero) is 1. The molecule has 1 aromatic heterocycles. The largest absolute Gasteiger partial charge is 0.494 e. The van der Waals surface area contributed by atoms with E-state index in [-0.39, 0.29) is 5.78 Å². The third-order valence-electron chi connectivity index (χ3n) is 3.84. The van der Waals surface area contributed by atoms with Crippen LogP contribution in [0.3, 0.4) is 0 Å². The molecular formula is C19H20N4O2S. The fourth-order valence-corrected chi connectivity index (χ4v) is 3.34. The van der Waals surface area contributed by atoms with Crippen LogP contribution in [0.25, 0.3) is 5.69 Å². The van der Waals surface area contributed by atoms with Crippen LogP contribution in [0.1, 0.15) is 35.3 Å². The zero-order valence-electron chi connectivity index (χ0n) is 15.0. The first-order chi connectivity index (χ1) is 12.6. The molecule has 2 aromatic carbocycles. The Hall–Kier alpha value is -2.67. The lowest BCUT2D eigenvalue weighted by molar-refractivity contribution is 0.101. The van der Waals surface area contributed by atoms with E-state index in [0.717, 1.165) is 17.0 Å². The van der Waals surface area contributed by atoms with E-state index in [9.17, 15) is 4.79 Å². The van der Waals surface area contributed by atoms with E-state index in [2.05, 4.69) is 15.5 Å². The summed E-state index contributed by atoms with van der Waals surface area (Å²) in [7, 11) is 0. The van der Waals surface area contributed by atoms with Crippen molar-refractivity contribution >= 4 is 17.5 Å². The Morgan fingerprint density at radius 3 is 2.65 bits per heavy atom. The maximum atomic E-state index is 11.7. The summed E-state index contributed by atoms with van der Waals surface area (Å²) >= 11 is 1.50. The van der Waals surface area contributed by atoms with Crippen molar-refractivity contribution < 1.29 is 9.53 Å². The van der Waals surface area contributed by atoms with Gasteiger partial charge in [-0.25, -0.2) is 0 Å². The van der Waals surface area contributed by atoms with Crippen molar-refractivity contribution in [3.8, 4) is 11.4 Å². The van der Waals surface area contributed by atoms with Crippen LogP contribution in [-0.4, -0.2) is 32.6 Å². The summed E-state index contributed by atoms with van der Waals surface area (Å²) < 4.78 is 7.39. The highest BCUT2D eigenvalue weighted by Gasteiger charge is 2.13. The number of aryl methyl sites for hydroxylation is 1. The molecular weight excluding hydrogens is 348 g/mol. The Bertz CT molecular complexity index is 906. The molecule has 0 N–H and O–H groups in total. The van der Waals surface area contributed by atoms with Gasteiger partial charge in [-0.3, -0.25) is 4.79 Å². The number of hydrogen-bond acceptors (Lipinski definition) is 6. The van der Waals surface area contributed by atoms with Crippen LogP contribution in [0.2, 0.25) is 0 Å². The average molecular weight is 368 g/mol. The van der Waals surface area contributed by atoms with Crippen molar-refractivity contribution in [2.75, 3.05) is 6.61 Å². The summed E-state index contributed by atoms with van der Waals surface area (Å²) in [6, 6.07) is 13.5. The van der Waals surface area contributed by atoms with Crippen LogP contribution in [0, 0.1) is 6.92 Å². The van der Waals surface area contributed by atoms with Gasteiger partial charge in [0, 0.05) is 16.9 Å². The smallest absolute Gasteiger partial charge is 0.214 e. The number of hydrogen-bond donors (Lipinski definition) is 0. The summed E-state index contributed by atoms with van der Waals surface area (Å²) in [5.74, 6) is 1.41. The average Bonchev–Trinajstić information content (AvgIpc) is 3.10. The normalized spacial score (nSPS) is 10.7. The second-order valence-electron chi connectivity index (χ2n) is 5.81. The molecule has 0 aliphatic rings. The first kappa shape index (κ1) is 18.1.